The number of fused-ring (bicyclic) bond motifs is 4. The maximum Gasteiger partial charge on any atom is 0.239 e. The van der Waals surface area contributed by atoms with Crippen LogP contribution in [0.25, 0.3) is 32.7 Å². The van der Waals surface area contributed by atoms with Gasteiger partial charge in [-0.1, -0.05) is 81.4 Å². The van der Waals surface area contributed by atoms with Crippen LogP contribution in [0.2, 0.25) is 0 Å². The Morgan fingerprint density at radius 3 is 1.76 bits per heavy atom. The van der Waals surface area contributed by atoms with E-state index in [-0.39, 0.29) is 36.5 Å². The average Bonchev–Trinajstić information content (AvgIpc) is 3.07. The second kappa shape index (κ2) is 11.8. The Bertz CT molecular complexity index is 2220. The molecule has 1 saturated heterocycles. The number of imide groups is 1. The molecular weight excluding hydrogens is 626 g/mol. The van der Waals surface area contributed by atoms with E-state index in [4.69, 9.17) is 0 Å². The number of nitrogens with one attached hydrogen (secondary N) is 2. The molecule has 50 heavy (non-hydrogen) atoms. The molecule has 9 heteroatoms. The molecule has 1 aliphatic carbocycles. The van der Waals surface area contributed by atoms with Gasteiger partial charge in [-0.25, -0.2) is 4.90 Å². The van der Waals surface area contributed by atoms with Gasteiger partial charge in [-0.15, -0.1) is 0 Å². The van der Waals surface area contributed by atoms with Gasteiger partial charge in [-0.3, -0.25) is 24.2 Å². The summed E-state index contributed by atoms with van der Waals surface area (Å²) in [5.74, 6) is -1.12. The van der Waals surface area contributed by atoms with Crippen molar-refractivity contribution in [3.05, 3.63) is 91.3 Å². The lowest BCUT2D eigenvalue weighted by atomic mass is 9.51. The molecule has 5 aromatic rings. The highest BCUT2D eigenvalue weighted by atomic mass is 16.2. The van der Waals surface area contributed by atoms with E-state index in [1.165, 1.54) is 11.8 Å². The molecule has 2 fully saturated rings. The van der Waals surface area contributed by atoms with Crippen LogP contribution < -0.4 is 20.4 Å². The van der Waals surface area contributed by atoms with E-state index in [1.807, 2.05) is 113 Å². The number of aromatic nitrogens is 1. The monoisotopic (exact) mass is 667 g/mol. The predicted octanol–water partition coefficient (Wildman–Crippen LogP) is 7.79. The fourth-order valence-electron chi connectivity index (χ4n) is 8.77. The zero-order valence-electron chi connectivity index (χ0n) is 29.3. The highest BCUT2D eigenvalue weighted by Crippen LogP contribution is 2.60. The Labute approximate surface area is 291 Å². The van der Waals surface area contributed by atoms with E-state index >= 15 is 0 Å². The molecule has 4 aromatic carbocycles. The molecule has 2 N–H and O–H groups in total. The van der Waals surface area contributed by atoms with Gasteiger partial charge in [0.1, 0.15) is 0 Å². The molecule has 0 spiro atoms. The van der Waals surface area contributed by atoms with E-state index in [9.17, 15) is 19.2 Å². The van der Waals surface area contributed by atoms with Crippen molar-refractivity contribution in [3.8, 4) is 11.1 Å². The first kappa shape index (κ1) is 33.0. The standard InChI is InChI=1S/C41H41N5O4/c1-25(47)43-30-17-15-26-11-7-9-13-28(26)34(30)35-29-14-10-8-12-27(29)16-18-31(35)44-36(48)39(2)22-40(3)24-41(4,23-39)38(50)46(37(40)49)33-21-42-20-19-32(33)45(5)6/h7-21H,22-24H2,1-6H3,(H,43,47)(H,44,48)/t39?,40-,41+. The lowest BCUT2D eigenvalue weighted by molar-refractivity contribution is -0.158. The summed E-state index contributed by atoms with van der Waals surface area (Å²) in [5.41, 5.74) is 0.929. The van der Waals surface area contributed by atoms with Crippen molar-refractivity contribution in [2.45, 2.75) is 47.0 Å². The van der Waals surface area contributed by atoms with Crippen molar-refractivity contribution < 1.29 is 19.2 Å². The molecule has 2 heterocycles. The molecule has 2 bridgehead atoms. The highest BCUT2D eigenvalue weighted by Gasteiger charge is 2.63. The number of piperidine rings is 1. The lowest BCUT2D eigenvalue weighted by Crippen LogP contribution is -2.65. The van der Waals surface area contributed by atoms with Gasteiger partial charge in [0, 0.05) is 66.0 Å². The van der Waals surface area contributed by atoms with E-state index in [2.05, 4.69) is 15.6 Å². The number of amides is 4. The zero-order valence-corrected chi connectivity index (χ0v) is 29.3. The maximum atomic E-state index is 14.7. The molecule has 2 aliphatic rings. The van der Waals surface area contributed by atoms with Gasteiger partial charge in [0.15, 0.2) is 0 Å². The third-order valence-electron chi connectivity index (χ3n) is 10.5. The number of nitrogens with zero attached hydrogens (tertiary/aromatic N) is 3. The minimum absolute atomic E-state index is 0.206. The molecule has 254 valence electrons. The molecule has 1 unspecified atom stereocenters. The topological polar surface area (TPSA) is 112 Å². The van der Waals surface area contributed by atoms with Gasteiger partial charge in [0.25, 0.3) is 0 Å². The second-order valence-corrected chi connectivity index (χ2v) is 15.0. The van der Waals surface area contributed by atoms with Crippen LogP contribution in [-0.2, 0) is 19.2 Å². The minimum atomic E-state index is -1.05. The molecule has 1 saturated carbocycles. The van der Waals surface area contributed by atoms with Crippen LogP contribution in [0.15, 0.2) is 91.3 Å². The lowest BCUT2D eigenvalue weighted by Gasteiger charge is -2.56. The molecule has 9 nitrogen and oxygen atoms in total. The minimum Gasteiger partial charge on any atom is -0.376 e. The summed E-state index contributed by atoms with van der Waals surface area (Å²) < 4.78 is 0. The van der Waals surface area contributed by atoms with Crippen LogP contribution in [0.3, 0.4) is 0 Å². The van der Waals surface area contributed by atoms with E-state index < -0.39 is 16.2 Å². The van der Waals surface area contributed by atoms with E-state index in [1.54, 1.807) is 18.5 Å². The fraction of sp³-hybridized carbons (Fsp3) is 0.293. The first-order valence-corrected chi connectivity index (χ1v) is 16.9. The van der Waals surface area contributed by atoms with Crippen LogP contribution >= 0.6 is 0 Å². The van der Waals surface area contributed by atoms with Gasteiger partial charge in [0.2, 0.25) is 23.6 Å². The van der Waals surface area contributed by atoms with Crippen molar-refractivity contribution in [2.75, 3.05) is 34.5 Å². The van der Waals surface area contributed by atoms with Crippen LogP contribution in [-0.4, -0.2) is 42.7 Å². The third-order valence-corrected chi connectivity index (χ3v) is 10.5. The maximum absolute atomic E-state index is 14.7. The van der Waals surface area contributed by atoms with Crippen LogP contribution in [0.4, 0.5) is 22.7 Å². The van der Waals surface area contributed by atoms with Gasteiger partial charge in [-0.05, 0) is 59.0 Å². The first-order valence-electron chi connectivity index (χ1n) is 16.9. The summed E-state index contributed by atoms with van der Waals surface area (Å²) in [6, 6.07) is 25.4. The number of carbonyl (C=O) groups is 4. The third kappa shape index (κ3) is 5.28. The number of pyridine rings is 1. The Hall–Kier alpha value is -5.57. The smallest absolute Gasteiger partial charge is 0.239 e. The molecule has 4 amide bonds. The summed E-state index contributed by atoms with van der Waals surface area (Å²) in [6.45, 7) is 7.10. The van der Waals surface area contributed by atoms with Crippen molar-refractivity contribution in [2.24, 2.45) is 16.2 Å². The Balaban J connectivity index is 1.32. The Kier molecular flexibility index (Phi) is 7.77. The SMILES string of the molecule is CC(=O)Nc1ccc2ccccc2c1-c1c(NC(=O)C2(C)C[C@@]3(C)C[C@@](C)(C2)C(=O)N(c2cnccc2N(C)C)C3=O)ccc2ccccc12. The van der Waals surface area contributed by atoms with Crippen molar-refractivity contribution in [1.29, 1.82) is 0 Å². The fourth-order valence-corrected chi connectivity index (χ4v) is 8.77. The number of hydrogen-bond donors (Lipinski definition) is 2. The van der Waals surface area contributed by atoms with Crippen molar-refractivity contribution in [3.63, 3.8) is 0 Å². The first-order chi connectivity index (χ1) is 23.7. The van der Waals surface area contributed by atoms with Crippen molar-refractivity contribution in [1.82, 2.24) is 4.98 Å². The molecule has 1 aliphatic heterocycles. The van der Waals surface area contributed by atoms with E-state index in [0.29, 0.717) is 29.2 Å². The summed E-state index contributed by atoms with van der Waals surface area (Å²) in [6.07, 6.45) is 4.08. The summed E-state index contributed by atoms with van der Waals surface area (Å²) in [5, 5.41) is 10.1. The van der Waals surface area contributed by atoms with E-state index in [0.717, 1.165) is 32.7 Å². The summed E-state index contributed by atoms with van der Waals surface area (Å²) in [7, 11) is 3.73. The quantitative estimate of drug-likeness (QED) is 0.179. The molecule has 3 atom stereocenters. The normalized spacial score (nSPS) is 23.2. The van der Waals surface area contributed by atoms with Gasteiger partial charge in [0.05, 0.1) is 17.6 Å². The molecular formula is C41H41N5O4. The summed E-state index contributed by atoms with van der Waals surface area (Å²) in [4.78, 5) is 63.3. The molecule has 0 radical (unpaired) electrons. The van der Waals surface area contributed by atoms with Gasteiger partial charge >= 0.3 is 0 Å². The highest BCUT2D eigenvalue weighted by molar-refractivity contribution is 6.22. The number of carbonyl (C=O) groups excluding carboxylic acids is 4. The Morgan fingerprint density at radius 1 is 0.720 bits per heavy atom. The number of hydrogen-bond acceptors (Lipinski definition) is 6. The van der Waals surface area contributed by atoms with Crippen molar-refractivity contribution >= 4 is 67.9 Å². The van der Waals surface area contributed by atoms with Gasteiger partial charge in [-0.2, -0.15) is 0 Å². The number of rotatable bonds is 6. The average molecular weight is 668 g/mol. The number of anilines is 4. The molecule has 7 rings (SSSR count). The summed E-state index contributed by atoms with van der Waals surface area (Å²) >= 11 is 0. The predicted molar refractivity (Wildman–Crippen MR) is 199 cm³/mol. The van der Waals surface area contributed by atoms with Crippen LogP contribution in [0.5, 0.6) is 0 Å². The largest absolute Gasteiger partial charge is 0.376 e. The van der Waals surface area contributed by atoms with Crippen LogP contribution in [0, 0.1) is 16.2 Å². The zero-order chi connectivity index (χ0) is 35.6. The Morgan fingerprint density at radius 2 is 1.24 bits per heavy atom. The number of benzene rings is 4. The van der Waals surface area contributed by atoms with Gasteiger partial charge < -0.3 is 15.5 Å². The molecule has 1 aromatic heterocycles. The second-order valence-electron chi connectivity index (χ2n) is 15.0. The van der Waals surface area contributed by atoms with Crippen LogP contribution in [0.1, 0.15) is 47.0 Å².